The van der Waals surface area contributed by atoms with Gasteiger partial charge >= 0.3 is 0 Å². The molecule has 1 saturated heterocycles. The van der Waals surface area contributed by atoms with Crippen molar-refractivity contribution in [3.63, 3.8) is 0 Å². The van der Waals surface area contributed by atoms with Crippen LogP contribution in [0.2, 0.25) is 5.02 Å². The van der Waals surface area contributed by atoms with Crippen LogP contribution >= 0.6 is 23.4 Å². The lowest BCUT2D eigenvalue weighted by atomic mass is 10.2. The number of benzene rings is 1. The van der Waals surface area contributed by atoms with Crippen LogP contribution in [0.1, 0.15) is 25.7 Å². The monoisotopic (exact) mass is 326 g/mol. The summed E-state index contributed by atoms with van der Waals surface area (Å²) in [5.41, 5.74) is 0. The predicted octanol–water partition coefficient (Wildman–Crippen LogP) is 3.42. The third-order valence-electron chi connectivity index (χ3n) is 3.84. The van der Waals surface area contributed by atoms with E-state index in [1.807, 2.05) is 24.3 Å². The fraction of sp³-hybridized carbons (Fsp3) is 0.562. The minimum absolute atomic E-state index is 0.173. The number of hydrogen-bond donors (Lipinski definition) is 1. The Morgan fingerprint density at radius 3 is 2.86 bits per heavy atom. The largest absolute Gasteiger partial charge is 0.355 e. The molecule has 3 nitrogen and oxygen atoms in total. The molecule has 5 heteroatoms. The summed E-state index contributed by atoms with van der Waals surface area (Å²) >= 11 is 7.62. The number of halogens is 1. The van der Waals surface area contributed by atoms with E-state index in [-0.39, 0.29) is 5.91 Å². The summed E-state index contributed by atoms with van der Waals surface area (Å²) in [6.45, 7) is 1.94. The fourth-order valence-corrected chi connectivity index (χ4v) is 3.49. The summed E-state index contributed by atoms with van der Waals surface area (Å²) in [7, 11) is 2.13. The molecule has 1 aromatic carbocycles. The highest BCUT2D eigenvalue weighted by Gasteiger charge is 2.20. The Labute approximate surface area is 136 Å². The molecular weight excluding hydrogens is 304 g/mol. The van der Waals surface area contributed by atoms with Crippen molar-refractivity contribution in [3.05, 3.63) is 29.3 Å². The molecule has 2 rings (SSSR count). The number of nitrogens with zero attached hydrogens (tertiary/aromatic N) is 1. The van der Waals surface area contributed by atoms with Crippen LogP contribution in [0.4, 0.5) is 0 Å². The standard InChI is InChI=1S/C16H23ClN2OS/c1-19-10-2-4-14(19)12-18-16(20)5-3-11-21-15-8-6-13(17)7-9-15/h6-9,14H,2-5,10-12H2,1H3,(H,18,20). The Hall–Kier alpha value is -0.710. The average Bonchev–Trinajstić information content (AvgIpc) is 2.89. The molecule has 1 N–H and O–H groups in total. The summed E-state index contributed by atoms with van der Waals surface area (Å²) in [6.07, 6.45) is 3.95. The van der Waals surface area contributed by atoms with Gasteiger partial charge in [0, 0.05) is 28.9 Å². The number of rotatable bonds is 7. The smallest absolute Gasteiger partial charge is 0.220 e. The number of nitrogens with one attached hydrogen (secondary N) is 1. The van der Waals surface area contributed by atoms with Gasteiger partial charge in [-0.25, -0.2) is 0 Å². The van der Waals surface area contributed by atoms with Crippen molar-refractivity contribution < 1.29 is 4.79 Å². The quantitative estimate of drug-likeness (QED) is 0.615. The molecule has 0 bridgehead atoms. The zero-order chi connectivity index (χ0) is 15.1. The first-order chi connectivity index (χ1) is 10.1. The second-order valence-corrected chi connectivity index (χ2v) is 7.09. The van der Waals surface area contributed by atoms with Gasteiger partial charge in [-0.2, -0.15) is 0 Å². The third-order valence-corrected chi connectivity index (χ3v) is 5.19. The number of likely N-dealkylation sites (N-methyl/N-ethyl adjacent to an activating group) is 1. The maximum atomic E-state index is 11.8. The van der Waals surface area contributed by atoms with Crippen molar-refractivity contribution in [3.8, 4) is 0 Å². The predicted molar refractivity (Wildman–Crippen MR) is 90.1 cm³/mol. The van der Waals surface area contributed by atoms with E-state index < -0.39 is 0 Å². The molecule has 1 aromatic rings. The minimum Gasteiger partial charge on any atom is -0.355 e. The van der Waals surface area contributed by atoms with E-state index >= 15 is 0 Å². The number of hydrogen-bond acceptors (Lipinski definition) is 3. The number of carbonyl (C=O) groups is 1. The maximum absolute atomic E-state index is 11.8. The van der Waals surface area contributed by atoms with E-state index in [0.717, 1.165) is 30.3 Å². The SMILES string of the molecule is CN1CCCC1CNC(=O)CCCSc1ccc(Cl)cc1. The summed E-state index contributed by atoms with van der Waals surface area (Å²) in [4.78, 5) is 15.3. The van der Waals surface area contributed by atoms with Gasteiger partial charge in [0.15, 0.2) is 0 Å². The van der Waals surface area contributed by atoms with Crippen molar-refractivity contribution in [2.75, 3.05) is 25.9 Å². The fourth-order valence-electron chi connectivity index (χ4n) is 2.51. The van der Waals surface area contributed by atoms with Gasteiger partial charge in [-0.15, -0.1) is 11.8 Å². The Kier molecular flexibility index (Phi) is 6.87. The zero-order valence-electron chi connectivity index (χ0n) is 12.5. The van der Waals surface area contributed by atoms with Crippen LogP contribution < -0.4 is 5.32 Å². The van der Waals surface area contributed by atoms with Crippen LogP contribution in [0.5, 0.6) is 0 Å². The van der Waals surface area contributed by atoms with Gasteiger partial charge in [0.1, 0.15) is 0 Å². The van der Waals surface area contributed by atoms with E-state index in [9.17, 15) is 4.79 Å². The highest BCUT2D eigenvalue weighted by molar-refractivity contribution is 7.99. The zero-order valence-corrected chi connectivity index (χ0v) is 14.1. The third kappa shape index (κ3) is 5.89. The second-order valence-electron chi connectivity index (χ2n) is 5.49. The molecule has 1 aliphatic heterocycles. The van der Waals surface area contributed by atoms with Crippen molar-refractivity contribution in [2.45, 2.75) is 36.6 Å². The van der Waals surface area contributed by atoms with E-state index in [2.05, 4.69) is 17.3 Å². The van der Waals surface area contributed by atoms with Crippen molar-refractivity contribution in [1.29, 1.82) is 0 Å². The Balaban J connectivity index is 1.55. The van der Waals surface area contributed by atoms with Gasteiger partial charge in [0.05, 0.1) is 0 Å². The normalized spacial score (nSPS) is 18.9. The average molecular weight is 327 g/mol. The lowest BCUT2D eigenvalue weighted by molar-refractivity contribution is -0.121. The highest BCUT2D eigenvalue weighted by Crippen LogP contribution is 2.21. The number of thioether (sulfide) groups is 1. The summed E-state index contributed by atoms with van der Waals surface area (Å²) in [5.74, 6) is 1.13. The molecular formula is C16H23ClN2OS. The first-order valence-corrected chi connectivity index (χ1v) is 8.87. The van der Waals surface area contributed by atoms with Crippen LogP contribution in [-0.4, -0.2) is 42.7 Å². The first-order valence-electron chi connectivity index (χ1n) is 7.50. The van der Waals surface area contributed by atoms with Gasteiger partial charge in [-0.3, -0.25) is 4.79 Å². The second kappa shape index (κ2) is 8.66. The molecule has 116 valence electrons. The maximum Gasteiger partial charge on any atom is 0.220 e. The van der Waals surface area contributed by atoms with Gasteiger partial charge in [0.2, 0.25) is 5.91 Å². The van der Waals surface area contributed by atoms with Gasteiger partial charge < -0.3 is 10.2 Å². The van der Waals surface area contributed by atoms with Crippen LogP contribution in [0, 0.1) is 0 Å². The molecule has 1 heterocycles. The molecule has 21 heavy (non-hydrogen) atoms. The molecule has 1 aliphatic rings. The highest BCUT2D eigenvalue weighted by atomic mass is 35.5. The van der Waals surface area contributed by atoms with Crippen molar-refractivity contribution in [2.24, 2.45) is 0 Å². The molecule has 1 fully saturated rings. The van der Waals surface area contributed by atoms with E-state index in [1.165, 1.54) is 17.7 Å². The van der Waals surface area contributed by atoms with Gasteiger partial charge in [0.25, 0.3) is 0 Å². The van der Waals surface area contributed by atoms with E-state index in [4.69, 9.17) is 11.6 Å². The van der Waals surface area contributed by atoms with Crippen molar-refractivity contribution in [1.82, 2.24) is 10.2 Å². The van der Waals surface area contributed by atoms with Crippen molar-refractivity contribution >= 4 is 29.3 Å². The first kappa shape index (κ1) is 16.7. The molecule has 0 saturated carbocycles. The van der Waals surface area contributed by atoms with Crippen LogP contribution in [0.15, 0.2) is 29.2 Å². The summed E-state index contributed by atoms with van der Waals surface area (Å²) in [5, 5.41) is 3.81. The van der Waals surface area contributed by atoms with E-state index in [0.29, 0.717) is 12.5 Å². The molecule has 0 radical (unpaired) electrons. The Morgan fingerprint density at radius 2 is 2.19 bits per heavy atom. The number of carbonyl (C=O) groups excluding carboxylic acids is 1. The Bertz CT molecular complexity index is 452. The Morgan fingerprint density at radius 1 is 1.43 bits per heavy atom. The van der Waals surface area contributed by atoms with E-state index in [1.54, 1.807) is 11.8 Å². The molecule has 0 aromatic heterocycles. The number of likely N-dealkylation sites (tertiary alicyclic amines) is 1. The summed E-state index contributed by atoms with van der Waals surface area (Å²) in [6, 6.07) is 8.35. The molecule has 1 atom stereocenters. The molecule has 0 spiro atoms. The topological polar surface area (TPSA) is 32.3 Å². The van der Waals surface area contributed by atoms with Crippen LogP contribution in [0.25, 0.3) is 0 Å². The lowest BCUT2D eigenvalue weighted by Crippen LogP contribution is -2.38. The van der Waals surface area contributed by atoms with Gasteiger partial charge in [-0.05, 0) is 62.9 Å². The minimum atomic E-state index is 0.173. The van der Waals surface area contributed by atoms with Gasteiger partial charge in [-0.1, -0.05) is 11.6 Å². The van der Waals surface area contributed by atoms with Crippen LogP contribution in [0.3, 0.4) is 0 Å². The molecule has 1 unspecified atom stereocenters. The lowest BCUT2D eigenvalue weighted by Gasteiger charge is -2.19. The number of amides is 1. The molecule has 0 aliphatic carbocycles. The summed E-state index contributed by atoms with van der Waals surface area (Å²) < 4.78 is 0. The van der Waals surface area contributed by atoms with Crippen LogP contribution in [-0.2, 0) is 4.79 Å². The molecule has 1 amide bonds.